The van der Waals surface area contributed by atoms with Gasteiger partial charge in [0.15, 0.2) is 0 Å². The maximum atomic E-state index is 11.1. The van der Waals surface area contributed by atoms with E-state index in [1.165, 1.54) is 12.1 Å². The highest BCUT2D eigenvalue weighted by Gasteiger charge is 2.10. The van der Waals surface area contributed by atoms with E-state index >= 15 is 0 Å². The van der Waals surface area contributed by atoms with Crippen LogP contribution in [0, 0.1) is 13.8 Å². The largest absolute Gasteiger partial charge is 0.489 e. The number of hydrogen-bond acceptors (Lipinski definition) is 5. The summed E-state index contributed by atoms with van der Waals surface area (Å²) >= 11 is 0. The van der Waals surface area contributed by atoms with Gasteiger partial charge in [0.1, 0.15) is 18.1 Å². The molecule has 2 N–H and O–H groups in total. The van der Waals surface area contributed by atoms with E-state index in [-0.39, 0.29) is 4.90 Å². The monoisotopic (exact) mass is 282 g/mol. The summed E-state index contributed by atoms with van der Waals surface area (Å²) < 4.78 is 32.8. The number of benzene rings is 1. The summed E-state index contributed by atoms with van der Waals surface area (Å²) in [6.07, 6.45) is 0. The molecule has 0 saturated carbocycles. The molecule has 2 aromatic rings. The van der Waals surface area contributed by atoms with E-state index in [1.807, 2.05) is 13.8 Å². The van der Waals surface area contributed by atoms with Crippen molar-refractivity contribution in [2.24, 2.45) is 5.14 Å². The molecule has 0 radical (unpaired) electrons. The SMILES string of the molecule is Cc1noc(C)c1COc1ccc(S(N)(=O)=O)cc1. The van der Waals surface area contributed by atoms with Crippen molar-refractivity contribution in [1.82, 2.24) is 5.16 Å². The number of aryl methyl sites for hydroxylation is 2. The van der Waals surface area contributed by atoms with Crippen molar-refractivity contribution in [2.45, 2.75) is 25.3 Å². The third-order valence-electron chi connectivity index (χ3n) is 2.72. The molecule has 0 aliphatic rings. The molecule has 0 atom stereocenters. The van der Waals surface area contributed by atoms with Crippen molar-refractivity contribution >= 4 is 10.0 Å². The zero-order valence-corrected chi connectivity index (χ0v) is 11.4. The molecule has 6 nitrogen and oxygen atoms in total. The van der Waals surface area contributed by atoms with Gasteiger partial charge in [0.05, 0.1) is 16.2 Å². The van der Waals surface area contributed by atoms with E-state index in [2.05, 4.69) is 5.16 Å². The first-order valence-corrected chi connectivity index (χ1v) is 7.10. The van der Waals surface area contributed by atoms with Gasteiger partial charge in [-0.25, -0.2) is 13.6 Å². The lowest BCUT2D eigenvalue weighted by molar-refractivity contribution is 0.301. The van der Waals surface area contributed by atoms with Gasteiger partial charge in [0.25, 0.3) is 0 Å². The van der Waals surface area contributed by atoms with E-state index < -0.39 is 10.0 Å². The number of nitrogens with zero attached hydrogens (tertiary/aromatic N) is 1. The second-order valence-electron chi connectivity index (χ2n) is 4.11. The minimum Gasteiger partial charge on any atom is -0.489 e. The number of primary sulfonamides is 1. The van der Waals surface area contributed by atoms with E-state index in [1.54, 1.807) is 12.1 Å². The number of sulfonamides is 1. The Morgan fingerprint density at radius 2 is 1.89 bits per heavy atom. The van der Waals surface area contributed by atoms with Crippen molar-refractivity contribution in [3.8, 4) is 5.75 Å². The van der Waals surface area contributed by atoms with Gasteiger partial charge >= 0.3 is 0 Å². The number of nitrogens with two attached hydrogens (primary N) is 1. The van der Waals surface area contributed by atoms with Crippen LogP contribution in [0.25, 0.3) is 0 Å². The Balaban J connectivity index is 2.09. The molecule has 1 aromatic heterocycles. The second-order valence-corrected chi connectivity index (χ2v) is 5.67. The van der Waals surface area contributed by atoms with E-state index in [4.69, 9.17) is 14.4 Å². The molecule has 1 aromatic carbocycles. The third-order valence-corrected chi connectivity index (χ3v) is 3.65. The maximum Gasteiger partial charge on any atom is 0.238 e. The molecule has 0 saturated heterocycles. The summed E-state index contributed by atoms with van der Waals surface area (Å²) in [6, 6.07) is 5.91. The van der Waals surface area contributed by atoms with Crippen LogP contribution in [0.2, 0.25) is 0 Å². The number of ether oxygens (including phenoxy) is 1. The van der Waals surface area contributed by atoms with Crippen molar-refractivity contribution in [3.05, 3.63) is 41.3 Å². The van der Waals surface area contributed by atoms with Crippen LogP contribution in [0.15, 0.2) is 33.7 Å². The van der Waals surface area contributed by atoms with Gasteiger partial charge in [0.2, 0.25) is 10.0 Å². The molecular weight excluding hydrogens is 268 g/mol. The molecule has 19 heavy (non-hydrogen) atoms. The number of aromatic nitrogens is 1. The fourth-order valence-corrected chi connectivity index (χ4v) is 2.10. The van der Waals surface area contributed by atoms with Crippen LogP contribution < -0.4 is 9.88 Å². The molecule has 0 amide bonds. The highest BCUT2D eigenvalue weighted by molar-refractivity contribution is 7.89. The Morgan fingerprint density at radius 3 is 2.37 bits per heavy atom. The summed E-state index contributed by atoms with van der Waals surface area (Å²) in [4.78, 5) is 0.0530. The zero-order valence-electron chi connectivity index (χ0n) is 10.6. The molecule has 0 unspecified atom stereocenters. The summed E-state index contributed by atoms with van der Waals surface area (Å²) in [5.41, 5.74) is 1.66. The van der Waals surface area contributed by atoms with Gasteiger partial charge in [-0.2, -0.15) is 0 Å². The predicted octanol–water partition coefficient (Wildman–Crippen LogP) is 1.52. The molecule has 102 valence electrons. The van der Waals surface area contributed by atoms with Crippen molar-refractivity contribution in [3.63, 3.8) is 0 Å². The first-order valence-electron chi connectivity index (χ1n) is 5.55. The molecule has 0 bridgehead atoms. The average Bonchev–Trinajstić information content (AvgIpc) is 2.66. The summed E-state index contributed by atoms with van der Waals surface area (Å²) in [5, 5.41) is 8.83. The van der Waals surface area contributed by atoms with Gasteiger partial charge < -0.3 is 9.26 Å². The van der Waals surface area contributed by atoms with E-state index in [0.717, 1.165) is 11.3 Å². The van der Waals surface area contributed by atoms with Crippen LogP contribution in [0.4, 0.5) is 0 Å². The Labute approximate surface area is 111 Å². The topological polar surface area (TPSA) is 95.4 Å². The first-order chi connectivity index (χ1) is 8.88. The zero-order chi connectivity index (χ0) is 14.0. The van der Waals surface area contributed by atoms with Crippen molar-refractivity contribution in [1.29, 1.82) is 0 Å². The molecule has 0 spiro atoms. The Hall–Kier alpha value is -1.86. The molecule has 0 aliphatic heterocycles. The Kier molecular flexibility index (Phi) is 3.59. The van der Waals surface area contributed by atoms with Crippen LogP contribution in [0.1, 0.15) is 17.0 Å². The molecule has 2 rings (SSSR count). The van der Waals surface area contributed by atoms with Crippen LogP contribution in [-0.2, 0) is 16.6 Å². The second kappa shape index (κ2) is 5.02. The van der Waals surface area contributed by atoms with Gasteiger partial charge in [-0.05, 0) is 38.1 Å². The van der Waals surface area contributed by atoms with Gasteiger partial charge in [-0.3, -0.25) is 0 Å². The molecule has 0 fully saturated rings. The van der Waals surface area contributed by atoms with Gasteiger partial charge in [-0.1, -0.05) is 5.16 Å². The molecular formula is C12H14N2O4S. The van der Waals surface area contributed by atoms with Gasteiger partial charge in [0, 0.05) is 0 Å². The molecule has 0 aliphatic carbocycles. The van der Waals surface area contributed by atoms with Crippen LogP contribution >= 0.6 is 0 Å². The standard InChI is InChI=1S/C12H14N2O4S/c1-8-12(9(2)18-14-8)7-17-10-3-5-11(6-4-10)19(13,15)16/h3-6H,7H2,1-2H3,(H2,13,15,16). The lowest BCUT2D eigenvalue weighted by Gasteiger charge is -2.06. The van der Waals surface area contributed by atoms with Crippen molar-refractivity contribution in [2.75, 3.05) is 0 Å². The summed E-state index contributed by atoms with van der Waals surface area (Å²) in [5.74, 6) is 1.26. The normalized spacial score (nSPS) is 11.5. The third kappa shape index (κ3) is 3.12. The number of hydrogen-bond donors (Lipinski definition) is 1. The minimum atomic E-state index is -3.67. The first kappa shape index (κ1) is 13.6. The molecule has 1 heterocycles. The smallest absolute Gasteiger partial charge is 0.238 e. The summed E-state index contributed by atoms with van der Waals surface area (Å²) in [6.45, 7) is 3.96. The quantitative estimate of drug-likeness (QED) is 0.917. The van der Waals surface area contributed by atoms with Gasteiger partial charge in [-0.15, -0.1) is 0 Å². The highest BCUT2D eigenvalue weighted by atomic mass is 32.2. The highest BCUT2D eigenvalue weighted by Crippen LogP contribution is 2.18. The minimum absolute atomic E-state index is 0.0530. The molecule has 7 heteroatoms. The lowest BCUT2D eigenvalue weighted by Crippen LogP contribution is -2.11. The maximum absolute atomic E-state index is 11.1. The fourth-order valence-electron chi connectivity index (χ4n) is 1.59. The van der Waals surface area contributed by atoms with Crippen LogP contribution in [0.5, 0.6) is 5.75 Å². The lowest BCUT2D eigenvalue weighted by atomic mass is 10.2. The Bertz CT molecular complexity index is 655. The number of rotatable bonds is 4. The van der Waals surface area contributed by atoms with Crippen LogP contribution in [-0.4, -0.2) is 13.6 Å². The van der Waals surface area contributed by atoms with E-state index in [9.17, 15) is 8.42 Å². The fraction of sp³-hybridized carbons (Fsp3) is 0.250. The predicted molar refractivity (Wildman–Crippen MR) is 68.1 cm³/mol. The van der Waals surface area contributed by atoms with E-state index in [0.29, 0.717) is 18.1 Å². The summed E-state index contributed by atoms with van der Waals surface area (Å²) in [7, 11) is -3.67. The Morgan fingerprint density at radius 1 is 1.26 bits per heavy atom. The van der Waals surface area contributed by atoms with Crippen molar-refractivity contribution < 1.29 is 17.7 Å². The van der Waals surface area contributed by atoms with Crippen LogP contribution in [0.3, 0.4) is 0 Å². The average molecular weight is 282 g/mol.